The van der Waals surface area contributed by atoms with Crippen molar-refractivity contribution >= 4 is 23.2 Å². The van der Waals surface area contributed by atoms with Gasteiger partial charge in [0.25, 0.3) is 5.91 Å². The molecule has 5 nitrogen and oxygen atoms in total. The van der Waals surface area contributed by atoms with Gasteiger partial charge >= 0.3 is 0 Å². The molecule has 1 N–H and O–H groups in total. The largest absolute Gasteiger partial charge is 0.481 e. The van der Waals surface area contributed by atoms with Crippen LogP contribution in [-0.2, 0) is 9.59 Å². The Morgan fingerprint density at radius 1 is 1.42 bits per heavy atom. The van der Waals surface area contributed by atoms with Crippen LogP contribution < -0.4 is 15.0 Å². The number of nitrogens with one attached hydrogen (secondary N) is 1. The van der Waals surface area contributed by atoms with Crippen LogP contribution in [0.1, 0.15) is 26.7 Å². The van der Waals surface area contributed by atoms with Gasteiger partial charge in [0.15, 0.2) is 6.61 Å². The van der Waals surface area contributed by atoms with Crippen molar-refractivity contribution in [3.63, 3.8) is 0 Å². The number of hydrogen-bond acceptors (Lipinski definition) is 3. The number of benzene rings is 1. The van der Waals surface area contributed by atoms with E-state index in [0.717, 1.165) is 12.1 Å². The summed E-state index contributed by atoms with van der Waals surface area (Å²) in [7, 11) is 0. The summed E-state index contributed by atoms with van der Waals surface area (Å²) in [6.07, 6.45) is 1.31. The summed E-state index contributed by atoms with van der Waals surface area (Å²) in [5, 5.41) is 2.81. The summed E-state index contributed by atoms with van der Waals surface area (Å²) in [5.41, 5.74) is 1.45. The van der Waals surface area contributed by atoms with E-state index in [4.69, 9.17) is 4.74 Å². The summed E-state index contributed by atoms with van der Waals surface area (Å²) >= 11 is 0. The molecule has 5 heteroatoms. The summed E-state index contributed by atoms with van der Waals surface area (Å²) in [5.74, 6) is 0.579. The van der Waals surface area contributed by atoms with E-state index in [1.54, 1.807) is 23.1 Å². The molecular weight excluding hydrogens is 244 g/mol. The van der Waals surface area contributed by atoms with E-state index in [9.17, 15) is 9.59 Å². The highest BCUT2D eigenvalue weighted by Crippen LogP contribution is 2.34. The first-order chi connectivity index (χ1) is 9.15. The minimum absolute atomic E-state index is 0.0123. The number of rotatable bonds is 4. The van der Waals surface area contributed by atoms with Crippen LogP contribution in [0.15, 0.2) is 18.2 Å². The zero-order chi connectivity index (χ0) is 13.8. The molecular formula is C14H18N2O3. The van der Waals surface area contributed by atoms with E-state index in [1.165, 1.54) is 0 Å². The molecule has 2 amide bonds. The van der Waals surface area contributed by atoms with Crippen LogP contribution in [-0.4, -0.2) is 25.0 Å². The van der Waals surface area contributed by atoms with E-state index in [-0.39, 0.29) is 18.4 Å². The number of likely N-dealkylation sites (N-methyl/N-ethyl adjacent to an activating group) is 1. The van der Waals surface area contributed by atoms with Gasteiger partial charge in [0.1, 0.15) is 5.75 Å². The molecule has 1 aromatic carbocycles. The van der Waals surface area contributed by atoms with E-state index >= 15 is 0 Å². The van der Waals surface area contributed by atoms with Crippen molar-refractivity contribution in [3.8, 4) is 5.75 Å². The molecule has 1 aliphatic rings. The lowest BCUT2D eigenvalue weighted by Gasteiger charge is -2.28. The lowest BCUT2D eigenvalue weighted by atomic mass is 10.2. The standard InChI is InChI=1S/C14H18N2O3/c1-3-5-13(17)15-10-6-7-11-12(8-10)19-9-14(18)16(11)4-2/h6-8H,3-5,9H2,1-2H3,(H,15,17). The third kappa shape index (κ3) is 2.86. The maximum Gasteiger partial charge on any atom is 0.265 e. The minimum atomic E-state index is -0.0437. The molecule has 1 aliphatic heterocycles. The van der Waals surface area contributed by atoms with E-state index in [2.05, 4.69) is 5.32 Å². The monoisotopic (exact) mass is 262 g/mol. The molecule has 1 heterocycles. The zero-order valence-corrected chi connectivity index (χ0v) is 11.2. The second-order valence-electron chi connectivity index (χ2n) is 4.41. The third-order valence-corrected chi connectivity index (χ3v) is 2.98. The summed E-state index contributed by atoms with van der Waals surface area (Å²) in [6, 6.07) is 5.35. The van der Waals surface area contributed by atoms with Crippen molar-refractivity contribution in [3.05, 3.63) is 18.2 Å². The van der Waals surface area contributed by atoms with Gasteiger partial charge in [-0.05, 0) is 25.5 Å². The number of anilines is 2. The van der Waals surface area contributed by atoms with Gasteiger partial charge in [0, 0.05) is 24.7 Å². The first-order valence-corrected chi connectivity index (χ1v) is 6.52. The van der Waals surface area contributed by atoms with Crippen LogP contribution in [0.4, 0.5) is 11.4 Å². The molecule has 0 aliphatic carbocycles. The van der Waals surface area contributed by atoms with E-state index in [1.807, 2.05) is 13.8 Å². The molecule has 102 valence electrons. The normalized spacial score (nSPS) is 13.8. The molecule has 0 unspecified atom stereocenters. The fourth-order valence-electron chi connectivity index (χ4n) is 2.08. The van der Waals surface area contributed by atoms with Crippen molar-refractivity contribution in [2.24, 2.45) is 0 Å². The number of fused-ring (bicyclic) bond motifs is 1. The van der Waals surface area contributed by atoms with Crippen molar-refractivity contribution < 1.29 is 14.3 Å². The van der Waals surface area contributed by atoms with Crippen LogP contribution in [0.5, 0.6) is 5.75 Å². The number of nitrogens with zero attached hydrogens (tertiary/aromatic N) is 1. The first-order valence-electron chi connectivity index (χ1n) is 6.52. The number of carbonyl (C=O) groups is 2. The van der Waals surface area contributed by atoms with Gasteiger partial charge in [0.05, 0.1) is 5.69 Å². The molecule has 0 radical (unpaired) electrons. The molecule has 0 atom stereocenters. The number of ether oxygens (including phenoxy) is 1. The summed E-state index contributed by atoms with van der Waals surface area (Å²) < 4.78 is 5.41. The number of amides is 2. The minimum Gasteiger partial charge on any atom is -0.481 e. The van der Waals surface area contributed by atoms with Crippen molar-refractivity contribution in [1.29, 1.82) is 0 Å². The van der Waals surface area contributed by atoms with Gasteiger partial charge in [-0.1, -0.05) is 6.92 Å². The molecule has 0 bridgehead atoms. The van der Waals surface area contributed by atoms with Gasteiger partial charge < -0.3 is 15.0 Å². The first kappa shape index (κ1) is 13.4. The van der Waals surface area contributed by atoms with Crippen LogP contribution in [0, 0.1) is 0 Å². The average Bonchev–Trinajstić information content (AvgIpc) is 2.39. The molecule has 0 fully saturated rings. The smallest absolute Gasteiger partial charge is 0.265 e. The fraction of sp³-hybridized carbons (Fsp3) is 0.429. The van der Waals surface area contributed by atoms with Gasteiger partial charge in [-0.25, -0.2) is 0 Å². The Balaban J connectivity index is 2.20. The Bertz CT molecular complexity index is 499. The molecule has 1 aromatic rings. The highest BCUT2D eigenvalue weighted by molar-refractivity contribution is 5.99. The zero-order valence-electron chi connectivity index (χ0n) is 11.2. The lowest BCUT2D eigenvalue weighted by molar-refractivity contribution is -0.121. The molecule has 0 spiro atoms. The molecule has 0 saturated carbocycles. The number of hydrogen-bond donors (Lipinski definition) is 1. The Hall–Kier alpha value is -2.04. The second kappa shape index (κ2) is 5.73. The highest BCUT2D eigenvalue weighted by Gasteiger charge is 2.24. The molecule has 2 rings (SSSR count). The Labute approximate surface area is 112 Å². The Kier molecular flexibility index (Phi) is 4.04. The lowest BCUT2D eigenvalue weighted by Crippen LogP contribution is -2.38. The van der Waals surface area contributed by atoms with Crippen LogP contribution in [0.3, 0.4) is 0 Å². The number of carbonyl (C=O) groups excluding carboxylic acids is 2. The van der Waals surface area contributed by atoms with Crippen molar-refractivity contribution in [1.82, 2.24) is 0 Å². The SMILES string of the molecule is CCCC(=O)Nc1ccc2c(c1)OCC(=O)N2CC. The summed E-state index contributed by atoms with van der Waals surface area (Å²) in [4.78, 5) is 24.9. The second-order valence-corrected chi connectivity index (χ2v) is 4.41. The molecule has 0 aromatic heterocycles. The van der Waals surface area contributed by atoms with Gasteiger partial charge in [-0.2, -0.15) is 0 Å². The predicted molar refractivity (Wildman–Crippen MR) is 73.5 cm³/mol. The van der Waals surface area contributed by atoms with Crippen LogP contribution >= 0.6 is 0 Å². The molecule has 0 saturated heterocycles. The van der Waals surface area contributed by atoms with Crippen LogP contribution in [0.25, 0.3) is 0 Å². The highest BCUT2D eigenvalue weighted by atomic mass is 16.5. The van der Waals surface area contributed by atoms with E-state index in [0.29, 0.717) is 24.4 Å². The van der Waals surface area contributed by atoms with Gasteiger partial charge in [0.2, 0.25) is 5.91 Å². The van der Waals surface area contributed by atoms with Crippen molar-refractivity contribution in [2.45, 2.75) is 26.7 Å². The maximum atomic E-state index is 11.7. The molecule has 19 heavy (non-hydrogen) atoms. The van der Waals surface area contributed by atoms with E-state index < -0.39 is 0 Å². The fourth-order valence-corrected chi connectivity index (χ4v) is 2.08. The Morgan fingerprint density at radius 2 is 2.21 bits per heavy atom. The van der Waals surface area contributed by atoms with Crippen molar-refractivity contribution in [2.75, 3.05) is 23.4 Å². The van der Waals surface area contributed by atoms with Gasteiger partial charge in [-0.3, -0.25) is 9.59 Å². The quantitative estimate of drug-likeness (QED) is 0.904. The van der Waals surface area contributed by atoms with Crippen LogP contribution in [0.2, 0.25) is 0 Å². The third-order valence-electron chi connectivity index (χ3n) is 2.98. The van der Waals surface area contributed by atoms with Gasteiger partial charge in [-0.15, -0.1) is 0 Å². The summed E-state index contributed by atoms with van der Waals surface area (Å²) in [6.45, 7) is 4.54. The average molecular weight is 262 g/mol. The Morgan fingerprint density at radius 3 is 2.89 bits per heavy atom. The maximum absolute atomic E-state index is 11.7. The topological polar surface area (TPSA) is 58.6 Å². The predicted octanol–water partition coefficient (Wildman–Crippen LogP) is 2.17.